The second-order valence-corrected chi connectivity index (χ2v) is 7.18. The van der Waals surface area contributed by atoms with Gasteiger partial charge in [0.1, 0.15) is 0 Å². The van der Waals surface area contributed by atoms with Crippen LogP contribution in [0.3, 0.4) is 0 Å². The van der Waals surface area contributed by atoms with Crippen molar-refractivity contribution in [2.24, 2.45) is 5.92 Å². The molecule has 0 spiro atoms. The highest BCUT2D eigenvalue weighted by atomic mass is 79.9. The number of hydrogen-bond acceptors (Lipinski definition) is 2. The van der Waals surface area contributed by atoms with Gasteiger partial charge in [-0.15, -0.1) is 0 Å². The fraction of sp³-hybridized carbons (Fsp3) is 0.647. The molecule has 2 nitrogen and oxygen atoms in total. The molecule has 2 fully saturated rings. The van der Waals surface area contributed by atoms with Gasteiger partial charge >= 0.3 is 0 Å². The molecule has 1 aromatic rings. The van der Waals surface area contributed by atoms with E-state index in [-0.39, 0.29) is 0 Å². The van der Waals surface area contributed by atoms with Crippen LogP contribution < -0.4 is 5.32 Å². The monoisotopic (exact) mass is 336 g/mol. The number of hydrogen-bond donors (Lipinski definition) is 1. The third-order valence-electron chi connectivity index (χ3n) is 5.00. The second-order valence-electron chi connectivity index (χ2n) is 6.33. The Labute approximate surface area is 131 Å². The molecule has 0 radical (unpaired) electrons. The number of halogens is 1. The molecule has 1 heterocycles. The van der Waals surface area contributed by atoms with Crippen LogP contribution in [0, 0.1) is 5.92 Å². The molecule has 0 aromatic heterocycles. The lowest BCUT2D eigenvalue weighted by molar-refractivity contribution is 0.175. The van der Waals surface area contributed by atoms with Crippen LogP contribution in [0.2, 0.25) is 0 Å². The maximum atomic E-state index is 3.76. The first-order chi connectivity index (χ1) is 9.78. The van der Waals surface area contributed by atoms with E-state index in [1.807, 2.05) is 7.05 Å². The molecule has 1 saturated heterocycles. The topological polar surface area (TPSA) is 15.3 Å². The van der Waals surface area contributed by atoms with Crippen LogP contribution in [-0.4, -0.2) is 24.5 Å². The van der Waals surface area contributed by atoms with E-state index in [9.17, 15) is 0 Å². The lowest BCUT2D eigenvalue weighted by Crippen LogP contribution is -2.34. The summed E-state index contributed by atoms with van der Waals surface area (Å²) < 4.78 is 1.27. The maximum absolute atomic E-state index is 3.76. The first kappa shape index (κ1) is 14.6. The summed E-state index contributed by atoms with van der Waals surface area (Å²) in [6.45, 7) is 3.34. The fourth-order valence-corrected chi connectivity index (χ4v) is 4.50. The van der Waals surface area contributed by atoms with Gasteiger partial charge in [-0.05, 0) is 56.0 Å². The summed E-state index contributed by atoms with van der Waals surface area (Å²) in [6, 6.07) is 7.67. The molecule has 1 aliphatic heterocycles. The average Bonchev–Trinajstić information content (AvgIpc) is 2.86. The van der Waals surface area contributed by atoms with E-state index < -0.39 is 0 Å². The zero-order valence-electron chi connectivity index (χ0n) is 12.4. The summed E-state index contributed by atoms with van der Waals surface area (Å²) in [7, 11) is 2.00. The highest BCUT2D eigenvalue weighted by Gasteiger charge is 2.35. The van der Waals surface area contributed by atoms with Gasteiger partial charge in [0.25, 0.3) is 0 Å². The molecular weight excluding hydrogens is 312 g/mol. The van der Waals surface area contributed by atoms with Gasteiger partial charge in [-0.25, -0.2) is 0 Å². The van der Waals surface area contributed by atoms with Crippen LogP contribution in [-0.2, 0) is 13.1 Å². The largest absolute Gasteiger partial charge is 0.316 e. The first-order valence-corrected chi connectivity index (χ1v) is 8.73. The SMILES string of the molecule is CNCc1ccc(CN2CCC3CCCCC32)c(Br)c1. The average molecular weight is 337 g/mol. The Kier molecular flexibility index (Phi) is 4.79. The molecule has 1 aliphatic carbocycles. The van der Waals surface area contributed by atoms with Gasteiger partial charge in [0.15, 0.2) is 0 Å². The van der Waals surface area contributed by atoms with E-state index in [0.29, 0.717) is 0 Å². The van der Waals surface area contributed by atoms with E-state index in [1.54, 1.807) is 0 Å². The van der Waals surface area contributed by atoms with Crippen molar-refractivity contribution in [3.63, 3.8) is 0 Å². The van der Waals surface area contributed by atoms with Crippen LogP contribution in [0.1, 0.15) is 43.2 Å². The lowest BCUT2D eigenvalue weighted by atomic mass is 9.85. The molecule has 3 rings (SSSR count). The van der Waals surface area contributed by atoms with Crippen molar-refractivity contribution in [2.45, 2.75) is 51.2 Å². The minimum Gasteiger partial charge on any atom is -0.316 e. The van der Waals surface area contributed by atoms with Gasteiger partial charge in [0, 0.05) is 23.6 Å². The second kappa shape index (κ2) is 6.59. The number of likely N-dealkylation sites (tertiary alicyclic amines) is 1. The molecule has 2 unspecified atom stereocenters. The smallest absolute Gasteiger partial charge is 0.0247 e. The molecule has 3 heteroatoms. The number of nitrogens with one attached hydrogen (secondary N) is 1. The van der Waals surface area contributed by atoms with Crippen molar-refractivity contribution in [3.8, 4) is 0 Å². The van der Waals surface area contributed by atoms with Crippen LogP contribution in [0.4, 0.5) is 0 Å². The highest BCUT2D eigenvalue weighted by molar-refractivity contribution is 9.10. The Hall–Kier alpha value is -0.380. The minimum atomic E-state index is 0.854. The standard InChI is InChI=1S/C17H25BrN2/c1-19-11-13-6-7-15(16(18)10-13)12-20-9-8-14-4-2-3-5-17(14)20/h6-7,10,14,17,19H,2-5,8-9,11-12H2,1H3. The summed E-state index contributed by atoms with van der Waals surface area (Å²) >= 11 is 3.76. The van der Waals surface area contributed by atoms with E-state index in [0.717, 1.165) is 25.0 Å². The maximum Gasteiger partial charge on any atom is 0.0247 e. The third kappa shape index (κ3) is 3.10. The summed E-state index contributed by atoms with van der Waals surface area (Å²) in [6.07, 6.45) is 7.18. The fourth-order valence-electron chi connectivity index (χ4n) is 3.95. The van der Waals surface area contributed by atoms with Crippen molar-refractivity contribution in [1.29, 1.82) is 0 Å². The van der Waals surface area contributed by atoms with Crippen molar-refractivity contribution in [3.05, 3.63) is 33.8 Å². The molecule has 1 saturated carbocycles. The van der Waals surface area contributed by atoms with Gasteiger partial charge in [-0.3, -0.25) is 4.90 Å². The summed E-state index contributed by atoms with van der Waals surface area (Å²) in [5.74, 6) is 0.978. The predicted octanol–water partition coefficient (Wildman–Crippen LogP) is 3.93. The Balaban J connectivity index is 1.68. The zero-order valence-corrected chi connectivity index (χ0v) is 14.0. The Morgan fingerprint density at radius 2 is 2.10 bits per heavy atom. The number of fused-ring (bicyclic) bond motifs is 1. The number of benzene rings is 1. The summed E-state index contributed by atoms with van der Waals surface area (Å²) in [5, 5.41) is 3.21. The van der Waals surface area contributed by atoms with E-state index in [1.165, 1.54) is 54.2 Å². The summed E-state index contributed by atoms with van der Waals surface area (Å²) in [4.78, 5) is 2.72. The molecule has 0 amide bonds. The Morgan fingerprint density at radius 3 is 2.90 bits per heavy atom. The van der Waals surface area contributed by atoms with Crippen molar-refractivity contribution in [2.75, 3.05) is 13.6 Å². The zero-order chi connectivity index (χ0) is 13.9. The Bertz CT molecular complexity index is 460. The molecule has 2 aliphatic rings. The predicted molar refractivity (Wildman–Crippen MR) is 87.7 cm³/mol. The minimum absolute atomic E-state index is 0.854. The van der Waals surface area contributed by atoms with Gasteiger partial charge in [0.2, 0.25) is 0 Å². The highest BCUT2D eigenvalue weighted by Crippen LogP contribution is 2.37. The third-order valence-corrected chi connectivity index (χ3v) is 5.74. The normalized spacial score (nSPS) is 26.7. The van der Waals surface area contributed by atoms with Crippen LogP contribution in [0.5, 0.6) is 0 Å². The molecule has 20 heavy (non-hydrogen) atoms. The molecule has 2 atom stereocenters. The molecular formula is C17H25BrN2. The Morgan fingerprint density at radius 1 is 1.25 bits per heavy atom. The van der Waals surface area contributed by atoms with Gasteiger partial charge in [0.05, 0.1) is 0 Å². The lowest BCUT2D eigenvalue weighted by Gasteiger charge is -2.32. The summed E-state index contributed by atoms with van der Waals surface area (Å²) in [5.41, 5.74) is 2.79. The van der Waals surface area contributed by atoms with Crippen LogP contribution in [0.15, 0.2) is 22.7 Å². The number of nitrogens with zero attached hydrogens (tertiary/aromatic N) is 1. The quantitative estimate of drug-likeness (QED) is 0.895. The van der Waals surface area contributed by atoms with Crippen LogP contribution in [0.25, 0.3) is 0 Å². The molecule has 110 valence electrons. The van der Waals surface area contributed by atoms with Gasteiger partial charge < -0.3 is 5.32 Å². The van der Waals surface area contributed by atoms with Gasteiger partial charge in [-0.2, -0.15) is 0 Å². The van der Waals surface area contributed by atoms with E-state index in [4.69, 9.17) is 0 Å². The van der Waals surface area contributed by atoms with E-state index >= 15 is 0 Å². The van der Waals surface area contributed by atoms with Gasteiger partial charge in [-0.1, -0.05) is 40.9 Å². The van der Waals surface area contributed by atoms with Crippen molar-refractivity contribution >= 4 is 15.9 Å². The first-order valence-electron chi connectivity index (χ1n) is 7.94. The van der Waals surface area contributed by atoms with Crippen LogP contribution >= 0.6 is 15.9 Å². The van der Waals surface area contributed by atoms with Crippen molar-refractivity contribution < 1.29 is 0 Å². The van der Waals surface area contributed by atoms with E-state index in [2.05, 4.69) is 44.3 Å². The molecule has 1 aromatic carbocycles. The van der Waals surface area contributed by atoms with Crippen molar-refractivity contribution in [1.82, 2.24) is 10.2 Å². The molecule has 1 N–H and O–H groups in total. The molecule has 0 bridgehead atoms. The number of rotatable bonds is 4.